The van der Waals surface area contributed by atoms with Crippen molar-refractivity contribution in [3.63, 3.8) is 0 Å². The van der Waals surface area contributed by atoms with Gasteiger partial charge in [0.25, 0.3) is 0 Å². The van der Waals surface area contributed by atoms with Gasteiger partial charge in [-0.1, -0.05) is 20.3 Å². The Bertz CT molecular complexity index is 641. The van der Waals surface area contributed by atoms with E-state index in [2.05, 4.69) is 16.0 Å². The van der Waals surface area contributed by atoms with E-state index >= 15 is 0 Å². The Balaban J connectivity index is 5.36. The first-order chi connectivity index (χ1) is 13.8. The van der Waals surface area contributed by atoms with Gasteiger partial charge >= 0.3 is 11.9 Å². The number of carbonyl (C=O) groups is 5. The fourth-order valence-corrected chi connectivity index (χ4v) is 2.27. The number of nitrogens with one attached hydrogen (secondary N) is 3. The minimum atomic E-state index is -1.71. The third kappa shape index (κ3) is 8.71. The number of carboxylic acid groups (broad SMARTS) is 2. The van der Waals surface area contributed by atoms with Crippen LogP contribution < -0.4 is 21.7 Å². The van der Waals surface area contributed by atoms with Gasteiger partial charge in [0.15, 0.2) is 0 Å². The Morgan fingerprint density at radius 2 is 1.43 bits per heavy atom. The summed E-state index contributed by atoms with van der Waals surface area (Å²) in [6.07, 6.45) is -1.69. The second-order valence-electron chi connectivity index (χ2n) is 6.88. The van der Waals surface area contributed by atoms with E-state index in [0.717, 1.165) is 0 Å². The summed E-state index contributed by atoms with van der Waals surface area (Å²) < 4.78 is 0. The molecule has 172 valence electrons. The van der Waals surface area contributed by atoms with Gasteiger partial charge in [-0.05, 0) is 12.8 Å². The first-order valence-electron chi connectivity index (χ1n) is 9.25. The summed E-state index contributed by atoms with van der Waals surface area (Å²) >= 11 is 0. The highest BCUT2D eigenvalue weighted by atomic mass is 16.4. The average Bonchev–Trinajstić information content (AvgIpc) is 2.67. The van der Waals surface area contributed by atoms with Crippen molar-refractivity contribution in [3.05, 3.63) is 0 Å². The van der Waals surface area contributed by atoms with E-state index in [1.807, 2.05) is 0 Å². The Morgan fingerprint density at radius 1 is 0.900 bits per heavy atom. The van der Waals surface area contributed by atoms with Crippen molar-refractivity contribution in [2.24, 2.45) is 11.7 Å². The van der Waals surface area contributed by atoms with E-state index in [9.17, 15) is 34.2 Å². The second-order valence-corrected chi connectivity index (χ2v) is 6.88. The fourth-order valence-electron chi connectivity index (χ4n) is 2.27. The molecule has 13 heteroatoms. The minimum absolute atomic E-state index is 0.387. The molecule has 0 radical (unpaired) electrons. The third-order valence-corrected chi connectivity index (χ3v) is 4.42. The molecule has 3 amide bonds. The van der Waals surface area contributed by atoms with Crippen LogP contribution in [0.3, 0.4) is 0 Å². The normalized spacial score (nSPS) is 16.9. The van der Waals surface area contributed by atoms with E-state index < -0.39 is 78.9 Å². The number of rotatable bonds is 13. The van der Waals surface area contributed by atoms with Crippen LogP contribution in [0.2, 0.25) is 0 Å². The van der Waals surface area contributed by atoms with Crippen LogP contribution in [0, 0.1) is 5.92 Å². The van der Waals surface area contributed by atoms with Crippen LogP contribution in [0.1, 0.15) is 33.6 Å². The van der Waals surface area contributed by atoms with Crippen LogP contribution in [0.15, 0.2) is 0 Å². The van der Waals surface area contributed by atoms with Crippen LogP contribution in [-0.4, -0.2) is 87.0 Å². The lowest BCUT2D eigenvalue weighted by molar-refractivity contribution is -0.147. The van der Waals surface area contributed by atoms with Crippen molar-refractivity contribution < 1.29 is 44.4 Å². The molecule has 0 aromatic heterocycles. The lowest BCUT2D eigenvalue weighted by Crippen LogP contribution is -2.60. The fraction of sp³-hybridized carbons (Fsp3) is 0.706. The quantitative estimate of drug-likeness (QED) is 0.144. The van der Waals surface area contributed by atoms with Gasteiger partial charge in [-0.3, -0.25) is 19.2 Å². The lowest BCUT2D eigenvalue weighted by Gasteiger charge is -2.27. The Labute approximate surface area is 173 Å². The van der Waals surface area contributed by atoms with Crippen molar-refractivity contribution in [3.8, 4) is 0 Å². The zero-order valence-electron chi connectivity index (χ0n) is 17.0. The molecule has 6 unspecified atom stereocenters. The molecule has 13 nitrogen and oxygen atoms in total. The van der Waals surface area contributed by atoms with Gasteiger partial charge in [-0.15, -0.1) is 0 Å². The number of carbonyl (C=O) groups excluding carboxylic acids is 3. The molecule has 6 atom stereocenters. The van der Waals surface area contributed by atoms with Crippen molar-refractivity contribution in [1.82, 2.24) is 16.0 Å². The first-order valence-corrected chi connectivity index (χ1v) is 9.25. The van der Waals surface area contributed by atoms with Crippen molar-refractivity contribution in [2.75, 3.05) is 6.61 Å². The molecule has 30 heavy (non-hydrogen) atoms. The van der Waals surface area contributed by atoms with Crippen molar-refractivity contribution >= 4 is 29.7 Å². The number of aliphatic carboxylic acids is 2. The molecule has 0 spiro atoms. The van der Waals surface area contributed by atoms with Crippen LogP contribution >= 0.6 is 0 Å². The summed E-state index contributed by atoms with van der Waals surface area (Å²) in [4.78, 5) is 58.8. The number of aliphatic hydroxyl groups is 2. The van der Waals surface area contributed by atoms with Crippen molar-refractivity contribution in [1.29, 1.82) is 0 Å². The van der Waals surface area contributed by atoms with Crippen LogP contribution in [-0.2, 0) is 24.0 Å². The van der Waals surface area contributed by atoms with Crippen molar-refractivity contribution in [2.45, 2.75) is 63.9 Å². The summed E-state index contributed by atoms with van der Waals surface area (Å²) in [5, 5.41) is 43.1. The molecule has 0 rings (SSSR count). The number of carboxylic acids is 2. The summed E-state index contributed by atoms with van der Waals surface area (Å²) in [5.41, 5.74) is 5.46. The van der Waals surface area contributed by atoms with Crippen LogP contribution in [0.25, 0.3) is 0 Å². The lowest BCUT2D eigenvalue weighted by atomic mass is 9.97. The highest BCUT2D eigenvalue weighted by Crippen LogP contribution is 2.09. The molecule has 0 bridgehead atoms. The molecule has 0 saturated carbocycles. The standard InChI is InChI=1S/C17H30N4O9/c1-4-7(2)13(16(28)19-9(17(29)30)5-11(24)25)21-14(26)10(6-22)20-15(27)12(18)8(3)23/h7-10,12-13,22-23H,4-6,18H2,1-3H3,(H,19,28)(H,20,27)(H,21,26)(H,24,25)(H,29,30). The predicted octanol–water partition coefficient (Wildman–Crippen LogP) is -3.25. The highest BCUT2D eigenvalue weighted by Gasteiger charge is 2.33. The topological polar surface area (TPSA) is 228 Å². The summed E-state index contributed by atoms with van der Waals surface area (Å²) in [6, 6.07) is -5.82. The smallest absolute Gasteiger partial charge is 0.326 e. The molecule has 0 saturated heterocycles. The van der Waals surface area contributed by atoms with Gasteiger partial charge in [0.2, 0.25) is 17.7 Å². The summed E-state index contributed by atoms with van der Waals surface area (Å²) in [5.74, 6) is -6.29. The molecule has 0 aromatic rings. The number of hydrogen-bond acceptors (Lipinski definition) is 8. The molecule has 0 fully saturated rings. The predicted molar refractivity (Wildman–Crippen MR) is 102 cm³/mol. The van der Waals surface area contributed by atoms with Gasteiger partial charge in [-0.25, -0.2) is 4.79 Å². The van der Waals surface area contributed by atoms with E-state index in [-0.39, 0.29) is 0 Å². The third-order valence-electron chi connectivity index (χ3n) is 4.42. The SMILES string of the molecule is CCC(C)C(NC(=O)C(CO)NC(=O)C(N)C(C)O)C(=O)NC(CC(=O)O)C(=O)O. The number of aliphatic hydroxyl groups excluding tert-OH is 2. The number of nitrogens with two attached hydrogens (primary N) is 1. The van der Waals surface area contributed by atoms with E-state index in [1.165, 1.54) is 6.92 Å². The second kappa shape index (κ2) is 12.7. The Hall–Kier alpha value is -2.77. The Kier molecular flexibility index (Phi) is 11.5. The maximum Gasteiger partial charge on any atom is 0.326 e. The van der Waals surface area contributed by atoms with Gasteiger partial charge in [0.1, 0.15) is 24.2 Å². The highest BCUT2D eigenvalue weighted by molar-refractivity contribution is 5.94. The molecule has 9 N–H and O–H groups in total. The monoisotopic (exact) mass is 434 g/mol. The maximum atomic E-state index is 12.5. The van der Waals surface area contributed by atoms with Crippen LogP contribution in [0.4, 0.5) is 0 Å². The molecule has 0 aliphatic rings. The summed E-state index contributed by atoms with van der Waals surface area (Å²) in [7, 11) is 0. The van der Waals surface area contributed by atoms with E-state index in [1.54, 1.807) is 13.8 Å². The summed E-state index contributed by atoms with van der Waals surface area (Å²) in [6.45, 7) is 3.72. The molecule has 0 heterocycles. The minimum Gasteiger partial charge on any atom is -0.481 e. The maximum absolute atomic E-state index is 12.5. The Morgan fingerprint density at radius 3 is 1.83 bits per heavy atom. The van der Waals surface area contributed by atoms with Gasteiger partial charge in [0, 0.05) is 0 Å². The van der Waals surface area contributed by atoms with Crippen LogP contribution in [0.5, 0.6) is 0 Å². The van der Waals surface area contributed by atoms with Gasteiger partial charge in [0.05, 0.1) is 19.1 Å². The largest absolute Gasteiger partial charge is 0.481 e. The van der Waals surface area contributed by atoms with E-state index in [4.69, 9.17) is 15.9 Å². The molecule has 0 aliphatic carbocycles. The molecular weight excluding hydrogens is 404 g/mol. The average molecular weight is 434 g/mol. The zero-order chi connectivity index (χ0) is 23.6. The molecule has 0 aromatic carbocycles. The zero-order valence-corrected chi connectivity index (χ0v) is 17.0. The number of hydrogen-bond donors (Lipinski definition) is 8. The van der Waals surface area contributed by atoms with E-state index in [0.29, 0.717) is 6.42 Å². The molecular formula is C17H30N4O9. The number of amides is 3. The first kappa shape index (κ1) is 27.2. The van der Waals surface area contributed by atoms with Gasteiger partial charge in [-0.2, -0.15) is 0 Å². The van der Waals surface area contributed by atoms with Gasteiger partial charge < -0.3 is 42.1 Å². The molecule has 0 aliphatic heterocycles.